The van der Waals surface area contributed by atoms with Gasteiger partial charge in [0.15, 0.2) is 11.5 Å². The van der Waals surface area contributed by atoms with Crippen molar-refractivity contribution < 1.29 is 9.84 Å². The zero-order valence-electron chi connectivity index (χ0n) is 18.2. The van der Waals surface area contributed by atoms with E-state index in [2.05, 4.69) is 38.7 Å². The molecule has 0 radical (unpaired) electrons. The maximum atomic E-state index is 9.97. The summed E-state index contributed by atoms with van der Waals surface area (Å²) in [5.74, 6) is 1.56. The maximum Gasteiger partial charge on any atom is 0.180 e. The van der Waals surface area contributed by atoms with Crippen LogP contribution >= 0.6 is 0 Å². The SMILES string of the molecule is O[C@H]1CCCN(c2ccc(Nc3nc(-c4ccc5c(c4)NCCO5)cn4ccnc34)cc2)C1. The summed E-state index contributed by atoms with van der Waals surface area (Å²) in [5, 5.41) is 16.8. The third kappa shape index (κ3) is 3.93. The van der Waals surface area contributed by atoms with Crippen molar-refractivity contribution in [3.05, 3.63) is 61.1 Å². The average molecular weight is 443 g/mol. The Morgan fingerprint density at radius 3 is 2.94 bits per heavy atom. The number of hydrogen-bond acceptors (Lipinski definition) is 7. The molecule has 2 aromatic carbocycles. The van der Waals surface area contributed by atoms with Gasteiger partial charge in [0.25, 0.3) is 0 Å². The van der Waals surface area contributed by atoms with Crippen LogP contribution in [-0.2, 0) is 0 Å². The molecule has 4 heterocycles. The predicted octanol–water partition coefficient (Wildman–Crippen LogP) is 3.91. The van der Waals surface area contributed by atoms with E-state index in [0.29, 0.717) is 19.0 Å². The van der Waals surface area contributed by atoms with Crippen LogP contribution in [0.3, 0.4) is 0 Å². The summed E-state index contributed by atoms with van der Waals surface area (Å²) in [6.07, 6.45) is 7.34. The molecule has 168 valence electrons. The molecule has 1 fully saturated rings. The van der Waals surface area contributed by atoms with Crippen molar-refractivity contribution in [3.8, 4) is 17.0 Å². The first-order valence-electron chi connectivity index (χ1n) is 11.4. The lowest BCUT2D eigenvalue weighted by Gasteiger charge is -2.32. The molecule has 8 nitrogen and oxygen atoms in total. The molecule has 1 atom stereocenters. The van der Waals surface area contributed by atoms with Gasteiger partial charge in [-0.1, -0.05) is 0 Å². The second-order valence-corrected chi connectivity index (χ2v) is 8.53. The van der Waals surface area contributed by atoms with E-state index < -0.39 is 0 Å². The van der Waals surface area contributed by atoms with Gasteiger partial charge in [0.2, 0.25) is 0 Å². The van der Waals surface area contributed by atoms with Crippen molar-refractivity contribution in [1.82, 2.24) is 14.4 Å². The molecule has 0 bridgehead atoms. The Balaban J connectivity index is 1.30. The Kier molecular flexibility index (Phi) is 4.99. The Morgan fingerprint density at radius 1 is 1.15 bits per heavy atom. The number of hydrogen-bond donors (Lipinski definition) is 3. The van der Waals surface area contributed by atoms with E-state index >= 15 is 0 Å². The number of aromatic nitrogens is 3. The van der Waals surface area contributed by atoms with Crippen LogP contribution in [0.15, 0.2) is 61.1 Å². The summed E-state index contributed by atoms with van der Waals surface area (Å²) in [6.45, 7) is 3.13. The molecular formula is C25H26N6O2. The number of β-amino-alcohol motifs (C(OH)–C–C–N with tert-alkyl or cyclic N) is 1. The van der Waals surface area contributed by atoms with Gasteiger partial charge in [-0.2, -0.15) is 0 Å². The van der Waals surface area contributed by atoms with E-state index in [1.807, 2.05) is 41.1 Å². The van der Waals surface area contributed by atoms with Gasteiger partial charge in [-0.05, 0) is 55.3 Å². The van der Waals surface area contributed by atoms with E-state index in [-0.39, 0.29) is 6.10 Å². The smallest absolute Gasteiger partial charge is 0.180 e. The van der Waals surface area contributed by atoms with Gasteiger partial charge in [0, 0.05) is 55.2 Å². The highest BCUT2D eigenvalue weighted by Gasteiger charge is 2.18. The standard InChI is InChI=1S/C25H26N6O2/c32-20-2-1-11-30(15-20)19-6-4-18(5-7-19)28-24-25-27-9-12-31(25)16-22(29-24)17-3-8-23-21(14-17)26-10-13-33-23/h3-9,12,14,16,20,26,32H,1-2,10-11,13,15H2,(H,28,29)/t20-/m0/s1. The lowest BCUT2D eigenvalue weighted by atomic mass is 10.1. The third-order valence-corrected chi connectivity index (χ3v) is 6.22. The molecule has 4 aromatic rings. The van der Waals surface area contributed by atoms with Crippen molar-refractivity contribution in [2.45, 2.75) is 18.9 Å². The van der Waals surface area contributed by atoms with Crippen LogP contribution in [0.1, 0.15) is 12.8 Å². The Bertz CT molecular complexity index is 1290. The monoisotopic (exact) mass is 442 g/mol. The summed E-state index contributed by atoms with van der Waals surface area (Å²) in [6, 6.07) is 14.4. The number of nitrogens with zero attached hydrogens (tertiary/aromatic N) is 4. The van der Waals surface area contributed by atoms with Crippen molar-refractivity contribution in [1.29, 1.82) is 0 Å². The maximum absolute atomic E-state index is 9.97. The normalized spacial score (nSPS) is 17.8. The number of rotatable bonds is 4. The molecule has 0 saturated carbocycles. The molecule has 2 aliphatic heterocycles. The highest BCUT2D eigenvalue weighted by Crippen LogP contribution is 2.33. The van der Waals surface area contributed by atoms with Crippen molar-refractivity contribution in [2.75, 3.05) is 41.8 Å². The first-order valence-corrected chi connectivity index (χ1v) is 11.4. The summed E-state index contributed by atoms with van der Waals surface area (Å²) >= 11 is 0. The largest absolute Gasteiger partial charge is 0.490 e. The van der Waals surface area contributed by atoms with E-state index in [1.54, 1.807) is 6.20 Å². The minimum absolute atomic E-state index is 0.248. The van der Waals surface area contributed by atoms with Crippen molar-refractivity contribution in [3.63, 3.8) is 0 Å². The van der Waals surface area contributed by atoms with Gasteiger partial charge in [0.1, 0.15) is 12.4 Å². The Labute approximate surface area is 191 Å². The van der Waals surface area contributed by atoms with Gasteiger partial charge in [0.05, 0.1) is 17.5 Å². The first kappa shape index (κ1) is 19.9. The lowest BCUT2D eigenvalue weighted by Crippen LogP contribution is -2.38. The summed E-state index contributed by atoms with van der Waals surface area (Å²) in [5.41, 5.74) is 5.66. The number of anilines is 4. The number of fused-ring (bicyclic) bond motifs is 2. The average Bonchev–Trinajstić information content (AvgIpc) is 3.33. The minimum Gasteiger partial charge on any atom is -0.490 e. The van der Waals surface area contributed by atoms with E-state index in [0.717, 1.165) is 65.6 Å². The van der Waals surface area contributed by atoms with E-state index in [9.17, 15) is 5.11 Å². The highest BCUT2D eigenvalue weighted by atomic mass is 16.5. The number of nitrogens with one attached hydrogen (secondary N) is 2. The van der Waals surface area contributed by atoms with Crippen molar-refractivity contribution >= 4 is 28.5 Å². The summed E-state index contributed by atoms with van der Waals surface area (Å²) < 4.78 is 7.69. The molecule has 2 aliphatic rings. The number of benzene rings is 2. The van der Waals surface area contributed by atoms with Gasteiger partial charge in [-0.25, -0.2) is 9.97 Å². The van der Waals surface area contributed by atoms with Gasteiger partial charge in [-0.3, -0.25) is 0 Å². The molecule has 6 rings (SSSR count). The number of ether oxygens (including phenoxy) is 1. The van der Waals surface area contributed by atoms with Crippen LogP contribution in [0.5, 0.6) is 5.75 Å². The summed E-state index contributed by atoms with van der Waals surface area (Å²) in [4.78, 5) is 11.6. The number of imidazole rings is 1. The van der Waals surface area contributed by atoms with Crippen LogP contribution in [0.4, 0.5) is 22.9 Å². The molecule has 0 unspecified atom stereocenters. The van der Waals surface area contributed by atoms with Gasteiger partial charge >= 0.3 is 0 Å². The molecule has 1 saturated heterocycles. The highest BCUT2D eigenvalue weighted by molar-refractivity contribution is 5.76. The van der Waals surface area contributed by atoms with Crippen molar-refractivity contribution in [2.24, 2.45) is 0 Å². The molecule has 8 heteroatoms. The summed E-state index contributed by atoms with van der Waals surface area (Å²) in [7, 11) is 0. The van der Waals surface area contributed by atoms with E-state index in [4.69, 9.17) is 9.72 Å². The topological polar surface area (TPSA) is 87.0 Å². The zero-order valence-corrected chi connectivity index (χ0v) is 18.2. The van der Waals surface area contributed by atoms with Crippen LogP contribution in [-0.4, -0.2) is 51.8 Å². The van der Waals surface area contributed by atoms with Crippen LogP contribution in [0.2, 0.25) is 0 Å². The van der Waals surface area contributed by atoms with Crippen LogP contribution in [0.25, 0.3) is 16.9 Å². The van der Waals surface area contributed by atoms with E-state index in [1.165, 1.54) is 0 Å². The molecule has 0 spiro atoms. The molecule has 0 amide bonds. The molecular weight excluding hydrogens is 416 g/mol. The first-order chi connectivity index (χ1) is 16.2. The number of piperidine rings is 1. The number of aliphatic hydroxyl groups excluding tert-OH is 1. The number of aliphatic hydroxyl groups is 1. The quantitative estimate of drug-likeness (QED) is 0.442. The fraction of sp³-hybridized carbons (Fsp3) is 0.280. The molecule has 2 aromatic heterocycles. The fourth-order valence-electron chi connectivity index (χ4n) is 4.54. The minimum atomic E-state index is -0.248. The Hall–Kier alpha value is -3.78. The predicted molar refractivity (Wildman–Crippen MR) is 130 cm³/mol. The second kappa shape index (κ2) is 8.29. The zero-order chi connectivity index (χ0) is 22.2. The molecule has 3 N–H and O–H groups in total. The third-order valence-electron chi connectivity index (χ3n) is 6.22. The lowest BCUT2D eigenvalue weighted by molar-refractivity contribution is 0.154. The van der Waals surface area contributed by atoms with Crippen LogP contribution in [0, 0.1) is 0 Å². The van der Waals surface area contributed by atoms with Gasteiger partial charge in [-0.15, -0.1) is 0 Å². The van der Waals surface area contributed by atoms with Crippen LogP contribution < -0.4 is 20.3 Å². The van der Waals surface area contributed by atoms with Gasteiger partial charge < -0.3 is 29.8 Å². The second-order valence-electron chi connectivity index (χ2n) is 8.53. The fourth-order valence-corrected chi connectivity index (χ4v) is 4.54. The molecule has 33 heavy (non-hydrogen) atoms. The molecule has 0 aliphatic carbocycles. The Morgan fingerprint density at radius 2 is 2.06 bits per heavy atom.